The first kappa shape index (κ1) is 18.2. The van der Waals surface area contributed by atoms with Crippen molar-refractivity contribution in [2.24, 2.45) is 5.92 Å². The minimum absolute atomic E-state index is 0.249. The molecule has 0 saturated carbocycles. The molecule has 1 aliphatic rings. The first-order chi connectivity index (χ1) is 12.6. The van der Waals surface area contributed by atoms with Gasteiger partial charge in [-0.25, -0.2) is 0 Å². The SMILES string of the molecule is COc1cccc(-c2ccc(N3CCN(C(=O)CC(C)C)CC3)nn2)c1. The maximum Gasteiger partial charge on any atom is 0.222 e. The van der Waals surface area contributed by atoms with Crippen molar-refractivity contribution < 1.29 is 9.53 Å². The molecule has 0 atom stereocenters. The Morgan fingerprint density at radius 3 is 2.50 bits per heavy atom. The van der Waals surface area contributed by atoms with Crippen LogP contribution in [-0.2, 0) is 4.79 Å². The van der Waals surface area contributed by atoms with Gasteiger partial charge in [-0.15, -0.1) is 10.2 Å². The molecular weight excluding hydrogens is 328 g/mol. The van der Waals surface area contributed by atoms with E-state index in [9.17, 15) is 4.79 Å². The van der Waals surface area contributed by atoms with E-state index in [0.717, 1.165) is 49.0 Å². The van der Waals surface area contributed by atoms with Crippen molar-refractivity contribution in [2.45, 2.75) is 20.3 Å². The minimum Gasteiger partial charge on any atom is -0.497 e. The van der Waals surface area contributed by atoms with Gasteiger partial charge < -0.3 is 14.5 Å². The van der Waals surface area contributed by atoms with Crippen LogP contribution in [-0.4, -0.2) is 54.3 Å². The lowest BCUT2D eigenvalue weighted by molar-refractivity contribution is -0.132. The molecule has 1 amide bonds. The zero-order valence-electron chi connectivity index (χ0n) is 15.7. The summed E-state index contributed by atoms with van der Waals surface area (Å²) in [5.41, 5.74) is 1.80. The van der Waals surface area contributed by atoms with Crippen molar-refractivity contribution in [1.82, 2.24) is 15.1 Å². The van der Waals surface area contributed by atoms with Crippen molar-refractivity contribution in [3.63, 3.8) is 0 Å². The first-order valence-electron chi connectivity index (χ1n) is 9.07. The Bertz CT molecular complexity index is 738. The Morgan fingerprint density at radius 1 is 1.12 bits per heavy atom. The van der Waals surface area contributed by atoms with Crippen LogP contribution in [0.3, 0.4) is 0 Å². The molecule has 0 radical (unpaired) electrons. The predicted octanol–water partition coefficient (Wildman–Crippen LogP) is 2.85. The molecule has 0 spiro atoms. The number of piperazine rings is 1. The zero-order valence-corrected chi connectivity index (χ0v) is 15.7. The van der Waals surface area contributed by atoms with Gasteiger partial charge in [0, 0.05) is 38.2 Å². The number of methoxy groups -OCH3 is 1. The number of rotatable bonds is 5. The summed E-state index contributed by atoms with van der Waals surface area (Å²) in [5, 5.41) is 8.75. The summed E-state index contributed by atoms with van der Waals surface area (Å²) in [6.45, 7) is 7.21. The first-order valence-corrected chi connectivity index (χ1v) is 9.07. The quantitative estimate of drug-likeness (QED) is 0.826. The third kappa shape index (κ3) is 4.31. The van der Waals surface area contributed by atoms with Gasteiger partial charge >= 0.3 is 0 Å². The average molecular weight is 354 g/mol. The second-order valence-corrected chi connectivity index (χ2v) is 6.97. The van der Waals surface area contributed by atoms with Gasteiger partial charge in [0.2, 0.25) is 5.91 Å². The molecule has 3 rings (SSSR count). The number of amides is 1. The van der Waals surface area contributed by atoms with Gasteiger partial charge in [0.25, 0.3) is 0 Å². The molecule has 26 heavy (non-hydrogen) atoms. The van der Waals surface area contributed by atoms with Crippen LogP contribution in [0.5, 0.6) is 5.75 Å². The predicted molar refractivity (Wildman–Crippen MR) is 102 cm³/mol. The van der Waals surface area contributed by atoms with Crippen LogP contribution in [0.1, 0.15) is 20.3 Å². The summed E-state index contributed by atoms with van der Waals surface area (Å²) in [7, 11) is 1.65. The molecule has 138 valence electrons. The zero-order chi connectivity index (χ0) is 18.5. The molecule has 6 nitrogen and oxygen atoms in total. The van der Waals surface area contributed by atoms with Gasteiger partial charge in [0.1, 0.15) is 5.75 Å². The molecule has 1 saturated heterocycles. The minimum atomic E-state index is 0.249. The highest BCUT2D eigenvalue weighted by Crippen LogP contribution is 2.23. The molecular formula is C20H26N4O2. The number of anilines is 1. The lowest BCUT2D eigenvalue weighted by atomic mass is 10.1. The Kier molecular flexibility index (Phi) is 5.71. The van der Waals surface area contributed by atoms with E-state index < -0.39 is 0 Å². The number of hydrogen-bond acceptors (Lipinski definition) is 5. The summed E-state index contributed by atoms with van der Waals surface area (Å²) < 4.78 is 5.26. The van der Waals surface area contributed by atoms with Crippen LogP contribution in [0, 0.1) is 5.92 Å². The normalized spacial score (nSPS) is 14.6. The summed E-state index contributed by atoms with van der Waals surface area (Å²) in [6.07, 6.45) is 0.620. The molecule has 1 aliphatic heterocycles. The fraction of sp³-hybridized carbons (Fsp3) is 0.450. The molecule has 1 aromatic carbocycles. The lowest BCUT2D eigenvalue weighted by Crippen LogP contribution is -2.49. The Hall–Kier alpha value is -2.63. The van der Waals surface area contributed by atoms with Gasteiger partial charge in [-0.2, -0.15) is 0 Å². The number of ether oxygens (including phenoxy) is 1. The van der Waals surface area contributed by atoms with Crippen molar-refractivity contribution in [1.29, 1.82) is 0 Å². The van der Waals surface area contributed by atoms with E-state index >= 15 is 0 Å². The van der Waals surface area contributed by atoms with Crippen LogP contribution in [0.25, 0.3) is 11.3 Å². The van der Waals surface area contributed by atoms with Gasteiger partial charge in [0.05, 0.1) is 12.8 Å². The molecule has 0 unspecified atom stereocenters. The highest BCUT2D eigenvalue weighted by Gasteiger charge is 2.22. The molecule has 6 heteroatoms. The smallest absolute Gasteiger partial charge is 0.222 e. The Labute approximate surface area is 154 Å². The second kappa shape index (κ2) is 8.17. The van der Waals surface area contributed by atoms with Crippen molar-refractivity contribution >= 4 is 11.7 Å². The highest BCUT2D eigenvalue weighted by molar-refractivity contribution is 5.76. The van der Waals surface area contributed by atoms with Crippen LogP contribution in [0.4, 0.5) is 5.82 Å². The number of carbonyl (C=O) groups excluding carboxylic acids is 1. The number of aromatic nitrogens is 2. The third-order valence-electron chi connectivity index (χ3n) is 4.56. The van der Waals surface area contributed by atoms with E-state index in [2.05, 4.69) is 28.9 Å². The Morgan fingerprint density at radius 2 is 1.88 bits per heavy atom. The van der Waals surface area contributed by atoms with Crippen LogP contribution in [0.15, 0.2) is 36.4 Å². The van der Waals surface area contributed by atoms with Crippen LogP contribution in [0.2, 0.25) is 0 Å². The van der Waals surface area contributed by atoms with E-state index in [1.54, 1.807) is 7.11 Å². The van der Waals surface area contributed by atoms with Gasteiger partial charge in [0.15, 0.2) is 5.82 Å². The van der Waals surface area contributed by atoms with Crippen molar-refractivity contribution in [3.05, 3.63) is 36.4 Å². The van der Waals surface area contributed by atoms with Gasteiger partial charge in [-0.1, -0.05) is 26.0 Å². The maximum absolute atomic E-state index is 12.2. The number of benzene rings is 1. The molecule has 1 aromatic heterocycles. The van der Waals surface area contributed by atoms with E-state index in [1.165, 1.54) is 0 Å². The van der Waals surface area contributed by atoms with Gasteiger partial charge in [-0.05, 0) is 30.2 Å². The molecule has 0 bridgehead atoms. The average Bonchev–Trinajstić information content (AvgIpc) is 2.68. The number of hydrogen-bond donors (Lipinski definition) is 0. The van der Waals surface area contributed by atoms with E-state index in [0.29, 0.717) is 12.3 Å². The maximum atomic E-state index is 12.2. The molecule has 2 heterocycles. The monoisotopic (exact) mass is 354 g/mol. The summed E-state index contributed by atoms with van der Waals surface area (Å²) >= 11 is 0. The number of nitrogens with zero attached hydrogens (tertiary/aromatic N) is 4. The van der Waals surface area contributed by atoms with Crippen molar-refractivity contribution in [2.75, 3.05) is 38.2 Å². The molecule has 0 aliphatic carbocycles. The lowest BCUT2D eigenvalue weighted by Gasteiger charge is -2.35. The molecule has 0 N–H and O–H groups in total. The fourth-order valence-electron chi connectivity index (χ4n) is 3.09. The van der Waals surface area contributed by atoms with Crippen LogP contribution >= 0.6 is 0 Å². The molecule has 1 fully saturated rings. The molecule has 2 aromatic rings. The topological polar surface area (TPSA) is 58.6 Å². The highest BCUT2D eigenvalue weighted by atomic mass is 16.5. The third-order valence-corrected chi connectivity index (χ3v) is 4.56. The summed E-state index contributed by atoms with van der Waals surface area (Å²) in [6, 6.07) is 11.8. The largest absolute Gasteiger partial charge is 0.497 e. The standard InChI is InChI=1S/C20H26N4O2/c1-15(2)13-20(25)24-11-9-23(10-12-24)19-8-7-18(21-22-19)16-5-4-6-17(14-16)26-3/h4-8,14-15H,9-13H2,1-3H3. The number of carbonyl (C=O) groups is 1. The fourth-order valence-corrected chi connectivity index (χ4v) is 3.09. The van der Waals surface area contributed by atoms with E-state index in [1.807, 2.05) is 41.3 Å². The van der Waals surface area contributed by atoms with Crippen LogP contribution < -0.4 is 9.64 Å². The van der Waals surface area contributed by atoms with E-state index in [4.69, 9.17) is 4.74 Å². The Balaban J connectivity index is 1.62. The summed E-state index contributed by atoms with van der Waals surface area (Å²) in [5.74, 6) is 2.30. The van der Waals surface area contributed by atoms with Gasteiger partial charge in [-0.3, -0.25) is 4.79 Å². The van der Waals surface area contributed by atoms with Crippen molar-refractivity contribution in [3.8, 4) is 17.0 Å². The van der Waals surface area contributed by atoms with E-state index in [-0.39, 0.29) is 5.91 Å². The second-order valence-electron chi connectivity index (χ2n) is 6.97. The summed E-state index contributed by atoms with van der Waals surface area (Å²) in [4.78, 5) is 16.3.